The van der Waals surface area contributed by atoms with Crippen LogP contribution in [0.2, 0.25) is 15.1 Å². The molecule has 0 unspecified atom stereocenters. The van der Waals surface area contributed by atoms with Crippen molar-refractivity contribution >= 4 is 90.0 Å². The number of benzene rings is 4. The first-order chi connectivity index (χ1) is 22.8. The van der Waals surface area contributed by atoms with Crippen LogP contribution in [0.25, 0.3) is 0 Å². The number of hydrogen-bond donors (Lipinski definition) is 4. The Kier molecular flexibility index (Phi) is 15.7. The Balaban J connectivity index is 0.000000260. The molecule has 0 amide bonds. The molecule has 0 saturated heterocycles. The zero-order chi connectivity index (χ0) is 35.4. The normalized spacial score (nSPS) is 10.5. The number of hydrogen-bond acceptors (Lipinski definition) is 6. The van der Waals surface area contributed by atoms with Crippen LogP contribution in [-0.2, 0) is 35.6 Å². The summed E-state index contributed by atoms with van der Waals surface area (Å²) in [5.74, 6) is -0.836. The molecule has 4 aromatic rings. The van der Waals surface area contributed by atoms with Gasteiger partial charge in [-0.3, -0.25) is 9.59 Å². The molecule has 0 aromatic heterocycles. The zero-order valence-electron chi connectivity index (χ0n) is 26.4. The van der Waals surface area contributed by atoms with Gasteiger partial charge >= 0.3 is 11.9 Å². The van der Waals surface area contributed by atoms with Gasteiger partial charge in [0.1, 0.15) is 19.0 Å². The molecule has 0 aliphatic rings. The summed E-state index contributed by atoms with van der Waals surface area (Å²) in [5.41, 5.74) is 6.25. The van der Waals surface area contributed by atoms with E-state index in [1.807, 2.05) is 51.1 Å². The lowest BCUT2D eigenvalue weighted by Gasteiger charge is -2.13. The van der Waals surface area contributed by atoms with Crippen molar-refractivity contribution in [3.05, 3.63) is 112 Å². The Bertz CT molecular complexity index is 1580. The largest absolute Gasteiger partial charge is 0.487 e. The van der Waals surface area contributed by atoms with E-state index in [-0.39, 0.29) is 12.8 Å². The molecule has 0 fully saturated rings. The number of carbonyl (C=O) groups is 2. The molecule has 4 N–H and O–H groups in total. The van der Waals surface area contributed by atoms with Gasteiger partial charge in [-0.25, -0.2) is 0 Å². The van der Waals surface area contributed by atoms with E-state index in [2.05, 4.69) is 48.6 Å². The number of aryl methyl sites for hydroxylation is 1. The maximum atomic E-state index is 10.8. The number of anilines is 2. The van der Waals surface area contributed by atoms with Crippen molar-refractivity contribution < 1.29 is 29.3 Å². The van der Waals surface area contributed by atoms with Gasteiger partial charge in [0, 0.05) is 29.5 Å². The van der Waals surface area contributed by atoms with Crippen molar-refractivity contribution in [2.24, 2.45) is 0 Å². The van der Waals surface area contributed by atoms with Crippen LogP contribution >= 0.6 is 66.7 Å². The minimum Gasteiger partial charge on any atom is -0.487 e. The second-order valence-electron chi connectivity index (χ2n) is 10.6. The molecule has 0 radical (unpaired) electrons. The Morgan fingerprint density at radius 3 is 1.60 bits per heavy atom. The molecular formula is C35H35Br2Cl3N2O6. The maximum absolute atomic E-state index is 10.8. The highest BCUT2D eigenvalue weighted by atomic mass is 79.9. The number of rotatable bonds is 14. The summed E-state index contributed by atoms with van der Waals surface area (Å²) in [6.45, 7) is 8.38. The van der Waals surface area contributed by atoms with E-state index in [1.165, 1.54) is 0 Å². The van der Waals surface area contributed by atoms with Crippen molar-refractivity contribution in [3.63, 3.8) is 0 Å². The average Bonchev–Trinajstić information content (AvgIpc) is 2.96. The molecular weight excluding hydrogens is 811 g/mol. The fourth-order valence-corrected chi connectivity index (χ4v) is 7.07. The topological polar surface area (TPSA) is 117 Å². The van der Waals surface area contributed by atoms with Crippen LogP contribution in [0, 0.1) is 6.92 Å². The number of nitrogens with one attached hydrogen (secondary N) is 2. The van der Waals surface area contributed by atoms with E-state index in [0.717, 1.165) is 41.2 Å². The van der Waals surface area contributed by atoms with Gasteiger partial charge in [0.25, 0.3) is 0 Å². The van der Waals surface area contributed by atoms with E-state index >= 15 is 0 Å². The summed E-state index contributed by atoms with van der Waals surface area (Å²) in [6.07, 6.45) is -0.179. The van der Waals surface area contributed by atoms with Crippen LogP contribution in [-0.4, -0.2) is 35.2 Å². The summed E-state index contributed by atoms with van der Waals surface area (Å²) in [4.78, 5) is 21.6. The molecule has 0 atom stereocenters. The molecule has 0 bridgehead atoms. The van der Waals surface area contributed by atoms with Gasteiger partial charge in [-0.2, -0.15) is 0 Å². The highest BCUT2D eigenvalue weighted by molar-refractivity contribution is 9.11. The third kappa shape index (κ3) is 12.7. The van der Waals surface area contributed by atoms with E-state index in [1.54, 1.807) is 24.3 Å². The molecule has 0 aliphatic carbocycles. The Morgan fingerprint density at radius 1 is 0.646 bits per heavy atom. The number of ether oxygens (including phenoxy) is 2. The standard InChI is InChI=1S/C18H19Cl2NO3.C17H16Br2ClNO3/c1-3-21-14-5-11(2)4-13(6-14)10-24-18-15(19)7-12(8-16(18)20)9-17(22)23;1-2-21-13-4-11(3-12(20)8-13)9-24-17-14(18)5-10(6-15(17)19)7-16(22)23/h4-8,21H,3,9-10H2,1-2H3,(H,22,23);3-6,8,21H,2,7,9H2,1H3,(H,22,23). The van der Waals surface area contributed by atoms with E-state index in [9.17, 15) is 9.59 Å². The van der Waals surface area contributed by atoms with Gasteiger partial charge in [-0.15, -0.1) is 0 Å². The quantitative estimate of drug-likeness (QED) is 0.0992. The van der Waals surface area contributed by atoms with Crippen molar-refractivity contribution in [1.29, 1.82) is 0 Å². The van der Waals surface area contributed by atoms with Crippen LogP contribution < -0.4 is 20.1 Å². The van der Waals surface area contributed by atoms with Crippen LogP contribution in [0.5, 0.6) is 11.5 Å². The summed E-state index contributed by atoms with van der Waals surface area (Å²) < 4.78 is 13.0. The summed E-state index contributed by atoms with van der Waals surface area (Å²) in [6, 6.07) is 18.4. The first-order valence-electron chi connectivity index (χ1n) is 14.8. The molecule has 4 rings (SSSR count). The summed E-state index contributed by atoms with van der Waals surface area (Å²) in [5, 5.41) is 25.5. The smallest absolute Gasteiger partial charge is 0.307 e. The Hall–Kier alpha value is -3.15. The van der Waals surface area contributed by atoms with Gasteiger partial charge in [0.05, 0.1) is 31.8 Å². The van der Waals surface area contributed by atoms with Crippen molar-refractivity contribution in [1.82, 2.24) is 0 Å². The molecule has 0 saturated carbocycles. The van der Waals surface area contributed by atoms with Crippen LogP contribution in [0.3, 0.4) is 0 Å². The lowest BCUT2D eigenvalue weighted by atomic mass is 10.1. The predicted molar refractivity (Wildman–Crippen MR) is 201 cm³/mol. The van der Waals surface area contributed by atoms with Crippen molar-refractivity contribution in [2.75, 3.05) is 23.7 Å². The fraction of sp³-hybridized carbons (Fsp3) is 0.257. The predicted octanol–water partition coefficient (Wildman–Crippen LogP) is 10.4. The van der Waals surface area contributed by atoms with Crippen LogP contribution in [0.15, 0.2) is 69.6 Å². The minimum atomic E-state index is -0.938. The van der Waals surface area contributed by atoms with Gasteiger partial charge < -0.3 is 30.3 Å². The SMILES string of the molecule is CCNc1cc(C)cc(COc2c(Cl)cc(CC(=O)O)cc2Cl)c1.CCNc1cc(Cl)cc(COc2c(Br)cc(CC(=O)O)cc2Br)c1. The second-order valence-corrected chi connectivity index (χ2v) is 13.6. The lowest BCUT2D eigenvalue weighted by molar-refractivity contribution is -0.137. The molecule has 0 aliphatic heterocycles. The van der Waals surface area contributed by atoms with Crippen LogP contribution in [0.4, 0.5) is 11.4 Å². The fourth-order valence-electron chi connectivity index (χ4n) is 4.66. The molecule has 256 valence electrons. The van der Waals surface area contributed by atoms with Gasteiger partial charge in [-0.1, -0.05) is 40.9 Å². The molecule has 13 heteroatoms. The number of carboxylic acids is 2. The third-order valence-electron chi connectivity index (χ3n) is 6.45. The molecule has 8 nitrogen and oxygen atoms in total. The average molecular weight is 846 g/mol. The van der Waals surface area contributed by atoms with Gasteiger partial charge in [-0.05, 0) is 135 Å². The second kappa shape index (κ2) is 19.1. The highest BCUT2D eigenvalue weighted by Crippen LogP contribution is 2.37. The zero-order valence-corrected chi connectivity index (χ0v) is 31.9. The third-order valence-corrected chi connectivity index (χ3v) is 8.41. The van der Waals surface area contributed by atoms with Crippen molar-refractivity contribution in [2.45, 2.75) is 46.8 Å². The van der Waals surface area contributed by atoms with E-state index in [4.69, 9.17) is 54.5 Å². The minimum absolute atomic E-state index is 0.0438. The highest BCUT2D eigenvalue weighted by Gasteiger charge is 2.14. The molecule has 0 heterocycles. The maximum Gasteiger partial charge on any atom is 0.307 e. The molecule has 4 aromatic carbocycles. The summed E-state index contributed by atoms with van der Waals surface area (Å²) >= 11 is 25.4. The summed E-state index contributed by atoms with van der Waals surface area (Å²) in [7, 11) is 0. The van der Waals surface area contributed by atoms with Gasteiger partial charge in [0.15, 0.2) is 5.75 Å². The molecule has 48 heavy (non-hydrogen) atoms. The number of carboxylic acid groups (broad SMARTS) is 2. The van der Waals surface area contributed by atoms with Crippen molar-refractivity contribution in [3.8, 4) is 11.5 Å². The molecule has 0 spiro atoms. The first kappa shape index (κ1) is 39.3. The number of halogens is 5. The van der Waals surface area contributed by atoms with Gasteiger partial charge in [0.2, 0.25) is 0 Å². The lowest BCUT2D eigenvalue weighted by Crippen LogP contribution is -2.03. The first-order valence-corrected chi connectivity index (χ1v) is 17.5. The number of aliphatic carboxylic acids is 2. The van der Waals surface area contributed by atoms with E-state index in [0.29, 0.717) is 59.9 Å². The Labute approximate surface area is 312 Å². The van der Waals surface area contributed by atoms with E-state index < -0.39 is 11.9 Å². The van der Waals surface area contributed by atoms with Crippen LogP contribution in [0.1, 0.15) is 41.7 Å². The monoisotopic (exact) mass is 842 g/mol. The Morgan fingerprint density at radius 2 is 1.10 bits per heavy atom.